The molecule has 37 heavy (non-hydrogen) atoms. The molecular weight excluding hydrogens is 495 g/mol. The summed E-state index contributed by atoms with van der Waals surface area (Å²) in [7, 11) is 1.23. The van der Waals surface area contributed by atoms with E-state index in [0.717, 1.165) is 34.1 Å². The van der Waals surface area contributed by atoms with Crippen molar-refractivity contribution >= 4 is 5.97 Å². The molecule has 0 radical (unpaired) electrons. The summed E-state index contributed by atoms with van der Waals surface area (Å²) >= 11 is 0. The molecular formula is C25H34F3N3O6. The zero-order valence-corrected chi connectivity index (χ0v) is 21.4. The Morgan fingerprint density at radius 3 is 2.59 bits per heavy atom. The minimum Gasteiger partial charge on any atom is -0.487 e. The number of ether oxygens (including phenoxy) is 3. The minimum absolute atomic E-state index is 0.181. The number of hydrogen-bond acceptors (Lipinski definition) is 7. The van der Waals surface area contributed by atoms with Gasteiger partial charge in [-0.15, -0.1) is 5.10 Å². The number of aromatic nitrogens is 3. The van der Waals surface area contributed by atoms with E-state index in [2.05, 4.69) is 5.10 Å². The molecule has 0 fully saturated rings. The first-order chi connectivity index (χ1) is 17.5. The van der Waals surface area contributed by atoms with Crippen molar-refractivity contribution in [3.63, 3.8) is 0 Å². The van der Waals surface area contributed by atoms with Crippen LogP contribution in [0, 0.1) is 0 Å². The van der Waals surface area contributed by atoms with Crippen LogP contribution in [0.25, 0.3) is 0 Å². The lowest BCUT2D eigenvalue weighted by atomic mass is 10.1. The Hall–Kier alpha value is -3.31. The first kappa shape index (κ1) is 29.9. The van der Waals surface area contributed by atoms with E-state index in [1.807, 2.05) is 31.2 Å². The van der Waals surface area contributed by atoms with Gasteiger partial charge in [0.25, 0.3) is 5.88 Å². The monoisotopic (exact) mass is 529 g/mol. The van der Waals surface area contributed by atoms with Crippen LogP contribution in [0.15, 0.2) is 33.9 Å². The molecule has 1 aromatic heterocycles. The van der Waals surface area contributed by atoms with Gasteiger partial charge in [0, 0.05) is 26.4 Å². The van der Waals surface area contributed by atoms with E-state index in [1.54, 1.807) is 6.92 Å². The predicted octanol–water partition coefficient (Wildman–Crippen LogP) is 3.80. The van der Waals surface area contributed by atoms with E-state index < -0.39 is 23.8 Å². The van der Waals surface area contributed by atoms with Gasteiger partial charge in [0.2, 0.25) is 0 Å². The number of unbranched alkanes of at least 4 members (excludes halogenated alkanes) is 2. The number of nitrogens with zero attached hydrogens (tertiary/aromatic N) is 3. The van der Waals surface area contributed by atoms with Crippen molar-refractivity contribution in [3.8, 4) is 11.6 Å². The number of halogens is 3. The van der Waals surface area contributed by atoms with Gasteiger partial charge in [0.05, 0.1) is 6.61 Å². The SMILES string of the molecule is CCC(=O)OCC(C)Oc1cccc(CCCCCOc2nn(CCCC(F)(F)F)c(=O)n(C)c2=O)c1. The number of carbonyl (C=O) groups is 1. The van der Waals surface area contributed by atoms with Crippen LogP contribution in [-0.4, -0.2) is 45.8 Å². The van der Waals surface area contributed by atoms with Crippen LogP contribution in [0.4, 0.5) is 13.2 Å². The highest BCUT2D eigenvalue weighted by Gasteiger charge is 2.26. The van der Waals surface area contributed by atoms with E-state index in [4.69, 9.17) is 14.2 Å². The summed E-state index contributed by atoms with van der Waals surface area (Å²) in [5.41, 5.74) is -0.438. The largest absolute Gasteiger partial charge is 0.487 e. The Bertz CT molecular complexity index is 1130. The fourth-order valence-electron chi connectivity index (χ4n) is 3.39. The van der Waals surface area contributed by atoms with Gasteiger partial charge in [-0.05, 0) is 56.7 Å². The molecule has 9 nitrogen and oxygen atoms in total. The normalized spacial score (nSPS) is 12.3. The molecule has 0 bridgehead atoms. The van der Waals surface area contributed by atoms with Crippen LogP contribution in [0.2, 0.25) is 0 Å². The van der Waals surface area contributed by atoms with Crippen LogP contribution < -0.4 is 20.7 Å². The second kappa shape index (κ2) is 14.4. The third-order valence-electron chi connectivity index (χ3n) is 5.39. The van der Waals surface area contributed by atoms with Crippen molar-refractivity contribution in [1.29, 1.82) is 0 Å². The van der Waals surface area contributed by atoms with Gasteiger partial charge in [0.15, 0.2) is 0 Å². The lowest BCUT2D eigenvalue weighted by Gasteiger charge is -2.15. The Labute approximate surface area is 213 Å². The van der Waals surface area contributed by atoms with Crippen molar-refractivity contribution in [3.05, 3.63) is 50.7 Å². The molecule has 0 aliphatic carbocycles. The maximum Gasteiger partial charge on any atom is 0.389 e. The molecule has 0 saturated heterocycles. The highest BCUT2D eigenvalue weighted by molar-refractivity contribution is 5.68. The van der Waals surface area contributed by atoms with Crippen LogP contribution in [-0.2, 0) is 29.5 Å². The van der Waals surface area contributed by atoms with Crippen LogP contribution >= 0.6 is 0 Å². The lowest BCUT2D eigenvalue weighted by Crippen LogP contribution is -2.40. The van der Waals surface area contributed by atoms with Gasteiger partial charge in [-0.3, -0.25) is 14.2 Å². The number of benzene rings is 1. The van der Waals surface area contributed by atoms with Crippen molar-refractivity contribution in [2.24, 2.45) is 7.05 Å². The number of hydrogen-bond donors (Lipinski definition) is 0. The summed E-state index contributed by atoms with van der Waals surface area (Å²) in [4.78, 5) is 35.6. The van der Waals surface area contributed by atoms with Crippen molar-refractivity contribution in [2.75, 3.05) is 13.2 Å². The zero-order valence-electron chi connectivity index (χ0n) is 21.4. The van der Waals surface area contributed by atoms with Gasteiger partial charge in [-0.1, -0.05) is 19.1 Å². The van der Waals surface area contributed by atoms with E-state index >= 15 is 0 Å². The third-order valence-corrected chi connectivity index (χ3v) is 5.39. The van der Waals surface area contributed by atoms with Crippen LogP contribution in [0.1, 0.15) is 57.9 Å². The highest BCUT2D eigenvalue weighted by atomic mass is 19.4. The predicted molar refractivity (Wildman–Crippen MR) is 130 cm³/mol. The fourth-order valence-corrected chi connectivity index (χ4v) is 3.39. The minimum atomic E-state index is -4.33. The smallest absolute Gasteiger partial charge is 0.389 e. The van der Waals surface area contributed by atoms with E-state index in [9.17, 15) is 27.6 Å². The molecule has 1 heterocycles. The summed E-state index contributed by atoms with van der Waals surface area (Å²) in [6.45, 7) is 3.65. The summed E-state index contributed by atoms with van der Waals surface area (Å²) in [6, 6.07) is 7.65. The third kappa shape index (κ3) is 10.7. The molecule has 0 aliphatic heterocycles. The van der Waals surface area contributed by atoms with E-state index in [1.165, 1.54) is 7.05 Å². The van der Waals surface area contributed by atoms with Gasteiger partial charge in [0.1, 0.15) is 18.5 Å². The van der Waals surface area contributed by atoms with Gasteiger partial charge in [-0.2, -0.15) is 13.2 Å². The van der Waals surface area contributed by atoms with E-state index in [-0.39, 0.29) is 44.1 Å². The van der Waals surface area contributed by atoms with Crippen molar-refractivity contribution < 1.29 is 32.2 Å². The van der Waals surface area contributed by atoms with Gasteiger partial charge in [-0.25, -0.2) is 9.48 Å². The summed E-state index contributed by atoms with van der Waals surface area (Å²) in [6.07, 6.45) is -2.62. The molecule has 1 unspecified atom stereocenters. The first-order valence-corrected chi connectivity index (χ1v) is 12.3. The number of rotatable bonds is 15. The topological polar surface area (TPSA) is 102 Å². The molecule has 1 aromatic carbocycles. The molecule has 0 amide bonds. The van der Waals surface area contributed by atoms with Gasteiger partial charge < -0.3 is 14.2 Å². The molecule has 0 N–H and O–H groups in total. The standard InChI is InChI=1S/C25H34F3N3O6/c1-4-21(32)36-17-18(2)37-20-12-8-11-19(16-20)10-6-5-7-15-35-22-23(33)30(3)24(34)31(29-22)14-9-13-25(26,27)28/h8,11-12,16,18H,4-7,9-10,13-15,17H2,1-3H3. The molecule has 0 spiro atoms. The maximum atomic E-state index is 12.4. The highest BCUT2D eigenvalue weighted by Crippen LogP contribution is 2.21. The number of alkyl halides is 3. The second-order valence-electron chi connectivity index (χ2n) is 8.67. The number of carbonyl (C=O) groups excluding carboxylic acids is 1. The average molecular weight is 530 g/mol. The van der Waals surface area contributed by atoms with Crippen LogP contribution in [0.5, 0.6) is 11.6 Å². The molecule has 0 saturated carbocycles. The maximum absolute atomic E-state index is 12.4. The lowest BCUT2D eigenvalue weighted by molar-refractivity contribution is -0.145. The molecule has 0 aliphatic rings. The van der Waals surface area contributed by atoms with Crippen molar-refractivity contribution in [1.82, 2.24) is 14.3 Å². The first-order valence-electron chi connectivity index (χ1n) is 12.3. The summed E-state index contributed by atoms with van der Waals surface area (Å²) in [5, 5.41) is 3.82. The van der Waals surface area contributed by atoms with Gasteiger partial charge >= 0.3 is 23.4 Å². The Morgan fingerprint density at radius 1 is 1.14 bits per heavy atom. The molecule has 12 heteroatoms. The molecule has 206 valence electrons. The summed E-state index contributed by atoms with van der Waals surface area (Å²) in [5.74, 6) is 0.109. The number of esters is 1. The molecule has 2 rings (SSSR count). The Morgan fingerprint density at radius 2 is 1.89 bits per heavy atom. The van der Waals surface area contributed by atoms with Crippen molar-refractivity contribution in [2.45, 2.75) is 77.6 Å². The quantitative estimate of drug-likeness (QED) is 0.256. The number of aryl methyl sites for hydroxylation is 2. The van der Waals surface area contributed by atoms with Crippen LogP contribution in [0.3, 0.4) is 0 Å². The average Bonchev–Trinajstić information content (AvgIpc) is 2.85. The summed E-state index contributed by atoms with van der Waals surface area (Å²) < 4.78 is 55.1. The fraction of sp³-hybridized carbons (Fsp3) is 0.600. The second-order valence-corrected chi connectivity index (χ2v) is 8.67. The zero-order chi connectivity index (χ0) is 27.4. The Balaban J connectivity index is 1.78. The molecule has 1 atom stereocenters. The van der Waals surface area contributed by atoms with E-state index in [0.29, 0.717) is 18.6 Å². The molecule has 2 aromatic rings. The Kier molecular flexibility index (Phi) is 11.7.